The topological polar surface area (TPSA) is 4.93 Å². The summed E-state index contributed by atoms with van der Waals surface area (Å²) in [5, 5.41) is 9.21. The van der Waals surface area contributed by atoms with Crippen LogP contribution in [0.1, 0.15) is 0 Å². The second-order valence-corrected chi connectivity index (χ2v) is 7.40. The molecule has 0 saturated heterocycles. The van der Waals surface area contributed by atoms with E-state index < -0.39 is 0 Å². The van der Waals surface area contributed by atoms with E-state index in [9.17, 15) is 0 Å². The summed E-state index contributed by atoms with van der Waals surface area (Å²) in [5.74, 6) is 0. The zero-order valence-corrected chi connectivity index (χ0v) is 14.8. The van der Waals surface area contributed by atoms with Gasteiger partial charge in [0.1, 0.15) is 0 Å². The number of halogens is 1. The first-order valence-electron chi connectivity index (χ1n) is 7.70. The van der Waals surface area contributed by atoms with E-state index in [4.69, 9.17) is 0 Å². The quantitative estimate of drug-likeness (QED) is 0.163. The molecule has 2 heteroatoms. The predicted octanol–water partition coefficient (Wildman–Crippen LogP) is 6.24. The molecule has 1 heterocycles. The number of aromatic nitrogens is 1. The minimum atomic E-state index is 1.28. The van der Waals surface area contributed by atoms with Gasteiger partial charge in [-0.3, -0.25) is 0 Å². The summed E-state index contributed by atoms with van der Waals surface area (Å²) in [6.07, 6.45) is 2.14. The summed E-state index contributed by atoms with van der Waals surface area (Å²) in [6.45, 7) is 0. The molecule has 0 aliphatic rings. The summed E-state index contributed by atoms with van der Waals surface area (Å²) < 4.78 is 3.49. The monoisotopic (exact) mass is 407 g/mol. The number of hydrogen-bond donors (Lipinski definition) is 0. The molecule has 5 aromatic rings. The molecule has 0 saturated carbocycles. The molecule has 4 aromatic carbocycles. The molecule has 1 nitrogen and oxygen atoms in total. The normalized spacial score (nSPS) is 11.9. The van der Waals surface area contributed by atoms with E-state index in [2.05, 4.69) is 101 Å². The summed E-state index contributed by atoms with van der Waals surface area (Å²) >= 11 is 2.38. The molecule has 0 aliphatic heterocycles. The van der Waals surface area contributed by atoms with Crippen molar-refractivity contribution in [2.75, 3.05) is 0 Å². The van der Waals surface area contributed by atoms with Crippen molar-refractivity contribution < 1.29 is 0 Å². The SMILES string of the molecule is Cn1ccc2ccc3c4cc5ccc(I)cc5cc4ccc3c21. The highest BCUT2D eigenvalue weighted by atomic mass is 127. The van der Waals surface area contributed by atoms with Crippen LogP contribution in [0.4, 0.5) is 0 Å². The predicted molar refractivity (Wildman–Crippen MR) is 108 cm³/mol. The summed E-state index contributed by atoms with van der Waals surface area (Å²) in [6, 6.07) is 22.5. The molecule has 23 heavy (non-hydrogen) atoms. The Labute approximate surface area is 147 Å². The molecule has 110 valence electrons. The fourth-order valence-corrected chi connectivity index (χ4v) is 4.17. The van der Waals surface area contributed by atoms with Crippen molar-refractivity contribution in [2.45, 2.75) is 0 Å². The van der Waals surface area contributed by atoms with E-state index in [1.807, 2.05) is 0 Å². The first-order valence-corrected chi connectivity index (χ1v) is 8.78. The molecular weight excluding hydrogens is 393 g/mol. The molecule has 0 N–H and O–H groups in total. The molecule has 0 unspecified atom stereocenters. The van der Waals surface area contributed by atoms with Crippen molar-refractivity contribution in [3.05, 3.63) is 70.4 Å². The maximum atomic E-state index is 2.38. The van der Waals surface area contributed by atoms with Gasteiger partial charge >= 0.3 is 0 Å². The minimum Gasteiger partial charge on any atom is -0.350 e. The van der Waals surface area contributed by atoms with Crippen molar-refractivity contribution in [3.63, 3.8) is 0 Å². The summed E-state index contributed by atoms with van der Waals surface area (Å²) in [4.78, 5) is 0. The first kappa shape index (κ1) is 13.4. The second-order valence-electron chi connectivity index (χ2n) is 6.16. The van der Waals surface area contributed by atoms with Crippen molar-refractivity contribution >= 4 is 65.8 Å². The molecule has 0 atom stereocenters. The van der Waals surface area contributed by atoms with Crippen LogP contribution in [0.25, 0.3) is 43.2 Å². The van der Waals surface area contributed by atoms with Gasteiger partial charge in [0, 0.05) is 27.6 Å². The van der Waals surface area contributed by atoms with E-state index in [-0.39, 0.29) is 0 Å². The van der Waals surface area contributed by atoms with E-state index in [0.29, 0.717) is 0 Å². The Bertz CT molecular complexity index is 1230. The van der Waals surface area contributed by atoms with Crippen LogP contribution in [0.2, 0.25) is 0 Å². The molecule has 0 amide bonds. The number of nitrogens with zero attached hydrogens (tertiary/aromatic N) is 1. The highest BCUT2D eigenvalue weighted by Crippen LogP contribution is 2.33. The van der Waals surface area contributed by atoms with Crippen LogP contribution in [0.15, 0.2) is 66.9 Å². The zero-order valence-electron chi connectivity index (χ0n) is 12.7. The van der Waals surface area contributed by atoms with Crippen LogP contribution in [-0.2, 0) is 7.05 Å². The third-order valence-corrected chi connectivity index (χ3v) is 5.44. The van der Waals surface area contributed by atoms with Crippen LogP contribution < -0.4 is 0 Å². The van der Waals surface area contributed by atoms with Gasteiger partial charge in [0.05, 0.1) is 5.52 Å². The average molecular weight is 407 g/mol. The highest BCUT2D eigenvalue weighted by Gasteiger charge is 2.08. The largest absolute Gasteiger partial charge is 0.350 e. The molecule has 0 radical (unpaired) electrons. The summed E-state index contributed by atoms with van der Waals surface area (Å²) in [5.41, 5.74) is 1.31. The van der Waals surface area contributed by atoms with Gasteiger partial charge in [0.15, 0.2) is 0 Å². The lowest BCUT2D eigenvalue weighted by atomic mass is 9.97. The van der Waals surface area contributed by atoms with Gasteiger partial charge in [-0.2, -0.15) is 0 Å². The van der Waals surface area contributed by atoms with Crippen LogP contribution in [-0.4, -0.2) is 4.57 Å². The van der Waals surface area contributed by atoms with Gasteiger partial charge in [-0.15, -0.1) is 0 Å². The lowest BCUT2D eigenvalue weighted by molar-refractivity contribution is 0.973. The fraction of sp³-hybridized carbons (Fsp3) is 0.0476. The van der Waals surface area contributed by atoms with Crippen molar-refractivity contribution in [3.8, 4) is 0 Å². The maximum absolute atomic E-state index is 2.38. The van der Waals surface area contributed by atoms with Gasteiger partial charge < -0.3 is 4.57 Å². The van der Waals surface area contributed by atoms with Gasteiger partial charge in [-0.05, 0) is 79.9 Å². The molecule has 0 bridgehead atoms. The fourth-order valence-electron chi connectivity index (χ4n) is 3.65. The third-order valence-electron chi connectivity index (χ3n) is 4.77. The van der Waals surface area contributed by atoms with E-state index >= 15 is 0 Å². The Kier molecular flexibility index (Phi) is 2.74. The van der Waals surface area contributed by atoms with E-state index in [0.717, 1.165) is 0 Å². The number of rotatable bonds is 0. The molecule has 0 aliphatic carbocycles. The third kappa shape index (κ3) is 1.91. The Balaban J connectivity index is 2.00. The lowest BCUT2D eigenvalue weighted by Crippen LogP contribution is -1.87. The van der Waals surface area contributed by atoms with Gasteiger partial charge in [0.2, 0.25) is 0 Å². The first-order chi connectivity index (χ1) is 11.2. The number of benzene rings is 4. The Hall–Kier alpha value is -2.07. The van der Waals surface area contributed by atoms with Gasteiger partial charge in [-0.1, -0.05) is 30.3 Å². The zero-order chi connectivity index (χ0) is 15.6. The van der Waals surface area contributed by atoms with E-state index in [1.165, 1.54) is 46.8 Å². The Morgan fingerprint density at radius 2 is 1.43 bits per heavy atom. The van der Waals surface area contributed by atoms with Crippen LogP contribution in [0.3, 0.4) is 0 Å². The average Bonchev–Trinajstić information content (AvgIpc) is 2.94. The maximum Gasteiger partial charge on any atom is 0.0557 e. The van der Waals surface area contributed by atoms with Crippen molar-refractivity contribution in [2.24, 2.45) is 7.05 Å². The van der Waals surface area contributed by atoms with Crippen molar-refractivity contribution in [1.29, 1.82) is 0 Å². The number of aryl methyl sites for hydroxylation is 1. The molecule has 5 rings (SSSR count). The Morgan fingerprint density at radius 1 is 0.652 bits per heavy atom. The standard InChI is InChI=1S/C21H14IN/c1-23-9-8-13-3-6-18-19(21(13)23)7-4-15-10-16-11-17(22)5-2-14(16)12-20(15)18/h2-12H,1H3. The molecular formula is C21H14IN. The number of fused-ring (bicyclic) bond motifs is 6. The highest BCUT2D eigenvalue weighted by molar-refractivity contribution is 14.1. The Morgan fingerprint density at radius 3 is 2.35 bits per heavy atom. The van der Waals surface area contributed by atoms with Crippen LogP contribution in [0.5, 0.6) is 0 Å². The number of hydrogen-bond acceptors (Lipinski definition) is 0. The molecule has 0 fully saturated rings. The van der Waals surface area contributed by atoms with Crippen molar-refractivity contribution in [1.82, 2.24) is 4.57 Å². The smallest absolute Gasteiger partial charge is 0.0557 e. The van der Waals surface area contributed by atoms with E-state index in [1.54, 1.807) is 0 Å². The molecule has 0 spiro atoms. The van der Waals surface area contributed by atoms with Crippen LogP contribution >= 0.6 is 22.6 Å². The second kappa shape index (κ2) is 4.71. The van der Waals surface area contributed by atoms with Gasteiger partial charge in [-0.25, -0.2) is 0 Å². The minimum absolute atomic E-state index is 1.28. The molecule has 1 aromatic heterocycles. The van der Waals surface area contributed by atoms with Gasteiger partial charge in [0.25, 0.3) is 0 Å². The lowest BCUT2D eigenvalue weighted by Gasteiger charge is -2.09. The summed E-state index contributed by atoms with van der Waals surface area (Å²) in [7, 11) is 2.12. The van der Waals surface area contributed by atoms with Crippen LogP contribution in [0, 0.1) is 3.57 Å².